The Morgan fingerprint density at radius 2 is 1.43 bits per heavy atom. The molecule has 120 valence electrons. The average molecular weight is 292 g/mol. The fourth-order valence-corrected chi connectivity index (χ4v) is 2.62. The molecule has 0 spiro atoms. The number of esters is 1. The standard InChI is InChI=1S/C16H24O2.C3H8/c1-4-12-16(13-5-2,15(17)18-6-3)14-10-8-7-9-11-14;1-3-2/h7-11H,4-6,12-13H2,1-3H3;3H2,1-2H3. The highest BCUT2D eigenvalue weighted by molar-refractivity contribution is 5.83. The van der Waals surface area contributed by atoms with Gasteiger partial charge in [-0.25, -0.2) is 0 Å². The van der Waals surface area contributed by atoms with Crippen molar-refractivity contribution < 1.29 is 9.53 Å². The van der Waals surface area contributed by atoms with Crippen molar-refractivity contribution in [2.24, 2.45) is 0 Å². The lowest BCUT2D eigenvalue weighted by molar-refractivity contribution is -0.151. The number of rotatable bonds is 7. The Balaban J connectivity index is 0.00000122. The molecule has 0 heterocycles. The van der Waals surface area contributed by atoms with E-state index in [0.29, 0.717) is 6.61 Å². The van der Waals surface area contributed by atoms with Gasteiger partial charge < -0.3 is 4.74 Å². The SMILES string of the molecule is CCC.CCCC(CCC)(C(=O)OCC)c1ccccc1. The summed E-state index contributed by atoms with van der Waals surface area (Å²) < 4.78 is 5.33. The highest BCUT2D eigenvalue weighted by Crippen LogP contribution is 2.35. The van der Waals surface area contributed by atoms with Crippen LogP contribution < -0.4 is 0 Å². The van der Waals surface area contributed by atoms with Crippen LogP contribution in [0.25, 0.3) is 0 Å². The van der Waals surface area contributed by atoms with Gasteiger partial charge in [-0.1, -0.05) is 77.3 Å². The van der Waals surface area contributed by atoms with Crippen LogP contribution in [-0.4, -0.2) is 12.6 Å². The van der Waals surface area contributed by atoms with Crippen LogP contribution in [0.4, 0.5) is 0 Å². The van der Waals surface area contributed by atoms with Crippen LogP contribution in [0.2, 0.25) is 0 Å². The second-order valence-corrected chi connectivity index (χ2v) is 5.38. The summed E-state index contributed by atoms with van der Waals surface area (Å²) in [5, 5.41) is 0. The Kier molecular flexibility index (Phi) is 10.7. The number of benzene rings is 1. The zero-order valence-corrected chi connectivity index (χ0v) is 14.4. The van der Waals surface area contributed by atoms with Gasteiger partial charge in [-0.15, -0.1) is 0 Å². The van der Waals surface area contributed by atoms with Gasteiger partial charge in [0.05, 0.1) is 12.0 Å². The van der Waals surface area contributed by atoms with Crippen molar-refractivity contribution in [1.29, 1.82) is 0 Å². The molecule has 0 radical (unpaired) electrons. The molecule has 1 aromatic carbocycles. The monoisotopic (exact) mass is 292 g/mol. The number of carbonyl (C=O) groups excluding carboxylic acids is 1. The summed E-state index contributed by atoms with van der Waals surface area (Å²) >= 11 is 0. The van der Waals surface area contributed by atoms with Crippen molar-refractivity contribution in [2.75, 3.05) is 6.61 Å². The van der Waals surface area contributed by atoms with E-state index in [0.717, 1.165) is 31.2 Å². The van der Waals surface area contributed by atoms with Crippen LogP contribution in [0.15, 0.2) is 30.3 Å². The van der Waals surface area contributed by atoms with Crippen LogP contribution in [0.1, 0.15) is 72.3 Å². The van der Waals surface area contributed by atoms with E-state index in [1.165, 1.54) is 6.42 Å². The largest absolute Gasteiger partial charge is 0.465 e. The number of carbonyl (C=O) groups is 1. The van der Waals surface area contributed by atoms with E-state index in [4.69, 9.17) is 4.74 Å². The summed E-state index contributed by atoms with van der Waals surface area (Å²) in [6.07, 6.45) is 4.91. The summed E-state index contributed by atoms with van der Waals surface area (Å²) in [5.41, 5.74) is 0.632. The summed E-state index contributed by atoms with van der Waals surface area (Å²) in [7, 11) is 0. The van der Waals surface area contributed by atoms with Crippen molar-refractivity contribution >= 4 is 5.97 Å². The zero-order chi connectivity index (χ0) is 16.1. The van der Waals surface area contributed by atoms with Gasteiger partial charge in [-0.3, -0.25) is 4.79 Å². The summed E-state index contributed by atoms with van der Waals surface area (Å²) in [6, 6.07) is 10.1. The van der Waals surface area contributed by atoms with Crippen LogP contribution in [-0.2, 0) is 14.9 Å². The summed E-state index contributed by atoms with van der Waals surface area (Å²) in [5.74, 6) is -0.0695. The van der Waals surface area contributed by atoms with Gasteiger partial charge >= 0.3 is 5.97 Å². The molecule has 0 saturated carbocycles. The number of ether oxygens (including phenoxy) is 1. The lowest BCUT2D eigenvalue weighted by Crippen LogP contribution is -2.37. The third-order valence-corrected chi connectivity index (χ3v) is 3.35. The molecular weight excluding hydrogens is 260 g/mol. The second-order valence-electron chi connectivity index (χ2n) is 5.38. The van der Waals surface area contributed by atoms with E-state index in [2.05, 4.69) is 27.7 Å². The van der Waals surface area contributed by atoms with Crippen molar-refractivity contribution in [3.05, 3.63) is 35.9 Å². The first-order valence-electron chi connectivity index (χ1n) is 8.35. The van der Waals surface area contributed by atoms with Crippen LogP contribution >= 0.6 is 0 Å². The molecule has 0 saturated heterocycles. The topological polar surface area (TPSA) is 26.3 Å². The van der Waals surface area contributed by atoms with Gasteiger partial charge in [0.25, 0.3) is 0 Å². The molecule has 2 heteroatoms. The molecular formula is C19H32O2. The third kappa shape index (κ3) is 5.91. The maximum Gasteiger partial charge on any atom is 0.316 e. The molecule has 0 aromatic heterocycles. The highest BCUT2D eigenvalue weighted by Gasteiger charge is 2.39. The first kappa shape index (κ1) is 19.7. The normalized spacial score (nSPS) is 10.5. The van der Waals surface area contributed by atoms with Crippen molar-refractivity contribution in [2.45, 2.75) is 72.1 Å². The van der Waals surface area contributed by atoms with E-state index in [1.807, 2.05) is 37.3 Å². The van der Waals surface area contributed by atoms with Gasteiger partial charge in [0.2, 0.25) is 0 Å². The summed E-state index contributed by atoms with van der Waals surface area (Å²) in [4.78, 5) is 12.4. The third-order valence-electron chi connectivity index (χ3n) is 3.35. The lowest BCUT2D eigenvalue weighted by atomic mass is 9.73. The molecule has 0 fully saturated rings. The average Bonchev–Trinajstić information content (AvgIpc) is 2.49. The zero-order valence-electron chi connectivity index (χ0n) is 14.4. The van der Waals surface area contributed by atoms with Crippen LogP contribution in [0.5, 0.6) is 0 Å². The van der Waals surface area contributed by atoms with Gasteiger partial charge in [0.1, 0.15) is 0 Å². The van der Waals surface area contributed by atoms with E-state index >= 15 is 0 Å². The molecule has 21 heavy (non-hydrogen) atoms. The fourth-order valence-electron chi connectivity index (χ4n) is 2.62. The molecule has 0 aliphatic carbocycles. The minimum absolute atomic E-state index is 0.0695. The molecule has 1 aromatic rings. The van der Waals surface area contributed by atoms with Crippen molar-refractivity contribution in [3.63, 3.8) is 0 Å². The van der Waals surface area contributed by atoms with Crippen molar-refractivity contribution in [3.8, 4) is 0 Å². The van der Waals surface area contributed by atoms with Crippen molar-refractivity contribution in [1.82, 2.24) is 0 Å². The first-order valence-corrected chi connectivity index (χ1v) is 8.35. The molecule has 0 atom stereocenters. The van der Waals surface area contributed by atoms with Crippen LogP contribution in [0, 0.1) is 0 Å². The predicted octanol–water partition coefficient (Wildman–Crippen LogP) is 5.50. The molecule has 0 aliphatic heterocycles. The Labute approximate surface area is 130 Å². The van der Waals surface area contributed by atoms with Gasteiger partial charge in [0.15, 0.2) is 0 Å². The minimum atomic E-state index is -0.458. The maximum atomic E-state index is 12.4. The second kappa shape index (κ2) is 11.4. The van der Waals surface area contributed by atoms with E-state index in [9.17, 15) is 4.79 Å². The van der Waals surface area contributed by atoms with E-state index in [1.54, 1.807) is 0 Å². The Bertz CT molecular complexity index is 364. The number of hydrogen-bond acceptors (Lipinski definition) is 2. The Hall–Kier alpha value is -1.31. The van der Waals surface area contributed by atoms with Gasteiger partial charge in [0, 0.05) is 0 Å². The molecule has 1 rings (SSSR count). The lowest BCUT2D eigenvalue weighted by Gasteiger charge is -2.31. The molecule has 0 N–H and O–H groups in total. The molecule has 0 aliphatic rings. The van der Waals surface area contributed by atoms with E-state index in [-0.39, 0.29) is 5.97 Å². The Morgan fingerprint density at radius 1 is 0.952 bits per heavy atom. The van der Waals surface area contributed by atoms with Gasteiger partial charge in [-0.05, 0) is 25.3 Å². The predicted molar refractivity (Wildman–Crippen MR) is 90.5 cm³/mol. The van der Waals surface area contributed by atoms with E-state index < -0.39 is 5.41 Å². The quantitative estimate of drug-likeness (QED) is 0.620. The minimum Gasteiger partial charge on any atom is -0.465 e. The smallest absolute Gasteiger partial charge is 0.316 e. The maximum absolute atomic E-state index is 12.4. The van der Waals surface area contributed by atoms with Crippen LogP contribution in [0.3, 0.4) is 0 Å². The summed E-state index contributed by atoms with van der Waals surface area (Å²) in [6.45, 7) is 10.8. The first-order chi connectivity index (χ1) is 10.1. The highest BCUT2D eigenvalue weighted by atomic mass is 16.5. The number of hydrogen-bond donors (Lipinski definition) is 0. The molecule has 0 bridgehead atoms. The molecule has 0 amide bonds. The fraction of sp³-hybridized carbons (Fsp3) is 0.632. The molecule has 0 unspecified atom stereocenters. The Morgan fingerprint density at radius 3 is 1.81 bits per heavy atom. The van der Waals surface area contributed by atoms with Gasteiger partial charge in [-0.2, -0.15) is 0 Å². The molecule has 2 nitrogen and oxygen atoms in total.